The summed E-state index contributed by atoms with van der Waals surface area (Å²) in [6.07, 6.45) is 0.509. The number of amides is 1. The maximum absolute atomic E-state index is 13.1. The van der Waals surface area contributed by atoms with Gasteiger partial charge in [0.15, 0.2) is 0 Å². The number of piperazine rings is 1. The molecule has 0 aliphatic carbocycles. The van der Waals surface area contributed by atoms with Crippen molar-refractivity contribution in [3.05, 3.63) is 71.5 Å². The summed E-state index contributed by atoms with van der Waals surface area (Å²) in [5, 5.41) is 21.9. The Bertz CT molecular complexity index is 903. The summed E-state index contributed by atoms with van der Waals surface area (Å²) >= 11 is 0. The van der Waals surface area contributed by atoms with Crippen molar-refractivity contribution in [2.75, 3.05) is 45.8 Å². The van der Waals surface area contributed by atoms with Crippen LogP contribution < -0.4 is 0 Å². The molecule has 2 fully saturated rings. The highest BCUT2D eigenvalue weighted by molar-refractivity contribution is 5.76. The number of aliphatic hydroxyl groups is 2. The highest BCUT2D eigenvalue weighted by Gasteiger charge is 2.43. The summed E-state index contributed by atoms with van der Waals surface area (Å²) < 4.78 is 13.1. The van der Waals surface area contributed by atoms with Crippen molar-refractivity contribution in [3.63, 3.8) is 0 Å². The fourth-order valence-corrected chi connectivity index (χ4v) is 4.77. The van der Waals surface area contributed by atoms with E-state index >= 15 is 0 Å². The molecule has 2 aliphatic rings. The predicted octanol–water partition coefficient (Wildman–Crippen LogP) is 1.90. The number of halogens is 1. The van der Waals surface area contributed by atoms with Crippen LogP contribution in [0.25, 0.3) is 0 Å². The third kappa shape index (κ3) is 6.38. The van der Waals surface area contributed by atoms with E-state index in [1.165, 1.54) is 12.1 Å². The van der Waals surface area contributed by atoms with Gasteiger partial charge in [0.25, 0.3) is 0 Å². The normalized spacial score (nSPS) is 24.7. The van der Waals surface area contributed by atoms with Crippen LogP contribution >= 0.6 is 0 Å². The van der Waals surface area contributed by atoms with E-state index in [1.54, 1.807) is 4.90 Å². The van der Waals surface area contributed by atoms with Gasteiger partial charge in [-0.3, -0.25) is 14.6 Å². The number of benzene rings is 2. The van der Waals surface area contributed by atoms with Gasteiger partial charge in [-0.05, 0) is 36.1 Å². The van der Waals surface area contributed by atoms with Crippen molar-refractivity contribution in [1.29, 1.82) is 0 Å². The van der Waals surface area contributed by atoms with E-state index in [0.717, 1.165) is 43.9 Å². The SMILES string of the molecule is O=C(CCc1ccccc1)N1CC[C@](O)(CN2CCN(Cc3ccc(F)cc3)CC2)[C@@H](O)C1. The molecule has 7 heteroatoms. The third-order valence-electron chi connectivity index (χ3n) is 6.93. The number of piperidine rings is 1. The molecule has 0 spiro atoms. The van der Waals surface area contributed by atoms with Crippen molar-refractivity contribution in [2.24, 2.45) is 0 Å². The van der Waals surface area contributed by atoms with E-state index in [2.05, 4.69) is 9.80 Å². The lowest BCUT2D eigenvalue weighted by Crippen LogP contribution is -2.62. The van der Waals surface area contributed by atoms with E-state index in [1.807, 2.05) is 42.5 Å². The molecule has 0 aromatic heterocycles. The molecule has 0 unspecified atom stereocenters. The lowest BCUT2D eigenvalue weighted by molar-refractivity contribution is -0.154. The third-order valence-corrected chi connectivity index (χ3v) is 6.93. The Morgan fingerprint density at radius 2 is 1.61 bits per heavy atom. The molecule has 0 radical (unpaired) electrons. The molecule has 2 aliphatic heterocycles. The van der Waals surface area contributed by atoms with Gasteiger partial charge >= 0.3 is 0 Å². The molecule has 2 heterocycles. The van der Waals surface area contributed by atoms with Crippen molar-refractivity contribution < 1.29 is 19.4 Å². The van der Waals surface area contributed by atoms with Crippen LogP contribution in [-0.4, -0.2) is 88.3 Å². The Morgan fingerprint density at radius 3 is 2.27 bits per heavy atom. The molecule has 2 atom stereocenters. The summed E-state index contributed by atoms with van der Waals surface area (Å²) in [7, 11) is 0. The van der Waals surface area contributed by atoms with Gasteiger partial charge in [-0.1, -0.05) is 42.5 Å². The maximum Gasteiger partial charge on any atom is 0.222 e. The summed E-state index contributed by atoms with van der Waals surface area (Å²) in [5.41, 5.74) is 1.01. The van der Waals surface area contributed by atoms with Gasteiger partial charge in [0.1, 0.15) is 17.5 Å². The summed E-state index contributed by atoms with van der Waals surface area (Å²) in [5.74, 6) is -0.200. The van der Waals surface area contributed by atoms with Gasteiger partial charge in [0.2, 0.25) is 5.91 Å². The smallest absolute Gasteiger partial charge is 0.222 e. The van der Waals surface area contributed by atoms with E-state index in [4.69, 9.17) is 0 Å². The number of likely N-dealkylation sites (tertiary alicyclic amines) is 1. The van der Waals surface area contributed by atoms with Crippen LogP contribution in [0.3, 0.4) is 0 Å². The Morgan fingerprint density at radius 1 is 0.939 bits per heavy atom. The number of carbonyl (C=O) groups excluding carboxylic acids is 1. The number of nitrogens with zero attached hydrogens (tertiary/aromatic N) is 3. The van der Waals surface area contributed by atoms with Gasteiger partial charge in [0, 0.05) is 58.8 Å². The van der Waals surface area contributed by atoms with Crippen LogP contribution in [0.5, 0.6) is 0 Å². The molecule has 0 saturated carbocycles. The van der Waals surface area contributed by atoms with Crippen LogP contribution in [0.4, 0.5) is 4.39 Å². The minimum atomic E-state index is -1.20. The Hall–Kier alpha value is -2.32. The fourth-order valence-electron chi connectivity index (χ4n) is 4.77. The first-order valence-electron chi connectivity index (χ1n) is 11.8. The predicted molar refractivity (Wildman–Crippen MR) is 125 cm³/mol. The van der Waals surface area contributed by atoms with Gasteiger partial charge in [-0.25, -0.2) is 4.39 Å². The maximum atomic E-state index is 13.1. The van der Waals surface area contributed by atoms with Crippen LogP contribution in [0, 0.1) is 5.82 Å². The van der Waals surface area contributed by atoms with Crippen LogP contribution in [0.1, 0.15) is 24.0 Å². The number of aliphatic hydroxyl groups excluding tert-OH is 1. The van der Waals surface area contributed by atoms with Crippen LogP contribution in [0.2, 0.25) is 0 Å². The zero-order valence-electron chi connectivity index (χ0n) is 19.1. The number of aryl methyl sites for hydroxylation is 1. The molecule has 1 amide bonds. The first-order valence-corrected chi connectivity index (χ1v) is 11.8. The Balaban J connectivity index is 1.21. The minimum absolute atomic E-state index is 0.0226. The first kappa shape index (κ1) is 23.8. The second-order valence-electron chi connectivity index (χ2n) is 9.37. The molecule has 2 N–H and O–H groups in total. The Labute approximate surface area is 195 Å². The van der Waals surface area contributed by atoms with E-state index in [-0.39, 0.29) is 18.3 Å². The van der Waals surface area contributed by atoms with Gasteiger partial charge in [0.05, 0.1) is 0 Å². The first-order chi connectivity index (χ1) is 15.9. The molecular weight excluding hydrogens is 421 g/mol. The molecule has 178 valence electrons. The van der Waals surface area contributed by atoms with Gasteiger partial charge in [-0.15, -0.1) is 0 Å². The zero-order valence-corrected chi connectivity index (χ0v) is 19.1. The van der Waals surface area contributed by atoms with Crippen LogP contribution in [0.15, 0.2) is 54.6 Å². The Kier molecular flexibility index (Phi) is 7.75. The second-order valence-corrected chi connectivity index (χ2v) is 9.37. The average molecular weight is 456 g/mol. The minimum Gasteiger partial charge on any atom is -0.388 e. The van der Waals surface area contributed by atoms with Crippen molar-refractivity contribution >= 4 is 5.91 Å². The van der Waals surface area contributed by atoms with Crippen molar-refractivity contribution in [2.45, 2.75) is 37.5 Å². The molecule has 33 heavy (non-hydrogen) atoms. The van der Waals surface area contributed by atoms with E-state index in [9.17, 15) is 19.4 Å². The van der Waals surface area contributed by atoms with Crippen molar-refractivity contribution in [1.82, 2.24) is 14.7 Å². The van der Waals surface area contributed by atoms with E-state index < -0.39 is 11.7 Å². The summed E-state index contributed by atoms with van der Waals surface area (Å²) in [4.78, 5) is 18.8. The van der Waals surface area contributed by atoms with Crippen LogP contribution in [-0.2, 0) is 17.8 Å². The zero-order chi connectivity index (χ0) is 23.3. The fraction of sp³-hybridized carbons (Fsp3) is 0.500. The monoisotopic (exact) mass is 455 g/mol. The molecular formula is C26H34FN3O3. The largest absolute Gasteiger partial charge is 0.388 e. The quantitative estimate of drug-likeness (QED) is 0.668. The molecule has 4 rings (SSSR count). The number of rotatable bonds is 7. The number of hydrogen-bond donors (Lipinski definition) is 2. The molecule has 2 aromatic carbocycles. The lowest BCUT2D eigenvalue weighted by Gasteiger charge is -2.46. The second kappa shape index (κ2) is 10.7. The summed E-state index contributed by atoms with van der Waals surface area (Å²) in [6.45, 7) is 5.14. The van der Waals surface area contributed by atoms with Crippen molar-refractivity contribution in [3.8, 4) is 0 Å². The highest BCUT2D eigenvalue weighted by Crippen LogP contribution is 2.25. The van der Waals surface area contributed by atoms with Gasteiger partial charge < -0.3 is 15.1 Å². The number of β-amino-alcohol motifs (C(OH)–C–C–N with tert-alkyl or cyclic N) is 2. The standard InChI is InChI=1S/C26H34FN3O3/c27-23-9-6-22(7-10-23)18-28-14-16-29(17-15-28)20-26(33)12-13-30(19-24(26)31)25(32)11-8-21-4-2-1-3-5-21/h1-7,9-10,24,31,33H,8,11-20H2/t24-,26-/m0/s1. The number of carbonyl (C=O) groups is 1. The molecule has 6 nitrogen and oxygen atoms in total. The highest BCUT2D eigenvalue weighted by atomic mass is 19.1. The van der Waals surface area contributed by atoms with E-state index in [0.29, 0.717) is 32.4 Å². The molecule has 0 bridgehead atoms. The topological polar surface area (TPSA) is 67.3 Å². The molecule has 2 saturated heterocycles. The van der Waals surface area contributed by atoms with Gasteiger partial charge in [-0.2, -0.15) is 0 Å². The number of hydrogen-bond acceptors (Lipinski definition) is 5. The lowest BCUT2D eigenvalue weighted by atomic mass is 9.87. The average Bonchev–Trinajstić information content (AvgIpc) is 2.83. The summed E-state index contributed by atoms with van der Waals surface area (Å²) in [6, 6.07) is 16.5. The molecule has 2 aromatic rings.